The van der Waals surface area contributed by atoms with E-state index in [2.05, 4.69) is 20.3 Å². The topological polar surface area (TPSA) is 164 Å². The summed E-state index contributed by atoms with van der Waals surface area (Å²) in [5, 5.41) is 36.6. The molecule has 1 heterocycles. The van der Waals surface area contributed by atoms with Crippen molar-refractivity contribution in [1.29, 1.82) is 0 Å². The van der Waals surface area contributed by atoms with Crippen LogP contribution in [0.15, 0.2) is 60.7 Å². The van der Waals surface area contributed by atoms with Gasteiger partial charge in [-0.05, 0) is 78.6 Å². The molecule has 7 N–H and O–H groups in total. The first kappa shape index (κ1) is 31.7. The van der Waals surface area contributed by atoms with Crippen LogP contribution in [0.2, 0.25) is 0 Å². The van der Waals surface area contributed by atoms with E-state index in [0.29, 0.717) is 23.6 Å². The van der Waals surface area contributed by atoms with E-state index >= 15 is 0 Å². The minimum Gasteiger partial charge on any atom is -0.508 e. The molecule has 4 rings (SSSR count). The number of alkyl halides is 3. The Balaban J connectivity index is 1.34. The molecule has 1 unspecified atom stereocenters. The Morgan fingerprint density at radius 1 is 1.00 bits per heavy atom. The largest absolute Gasteiger partial charge is 0.508 e. The van der Waals surface area contributed by atoms with Crippen LogP contribution in [0, 0.1) is 0 Å². The lowest BCUT2D eigenvalue weighted by molar-refractivity contribution is -0.137. The highest BCUT2D eigenvalue weighted by molar-refractivity contribution is 7.92. The third-order valence-corrected chi connectivity index (χ3v) is 7.18. The predicted molar refractivity (Wildman–Crippen MR) is 155 cm³/mol. The second-order valence-corrected chi connectivity index (χ2v) is 12.1. The van der Waals surface area contributed by atoms with Gasteiger partial charge in [-0.1, -0.05) is 12.1 Å². The first-order valence-corrected chi connectivity index (χ1v) is 15.0. The van der Waals surface area contributed by atoms with E-state index < -0.39 is 39.5 Å². The van der Waals surface area contributed by atoms with Crippen LogP contribution in [0.3, 0.4) is 0 Å². The van der Waals surface area contributed by atoms with Gasteiger partial charge in [0, 0.05) is 30.0 Å². The van der Waals surface area contributed by atoms with Crippen LogP contribution in [-0.2, 0) is 29.2 Å². The van der Waals surface area contributed by atoms with Crippen molar-refractivity contribution in [2.24, 2.45) is 0 Å². The van der Waals surface area contributed by atoms with Crippen LogP contribution < -0.4 is 15.4 Å². The third kappa shape index (κ3) is 8.63. The van der Waals surface area contributed by atoms with Crippen molar-refractivity contribution in [1.82, 2.24) is 15.6 Å². The Kier molecular flexibility index (Phi) is 9.23. The quantitative estimate of drug-likeness (QED) is 0.124. The highest BCUT2D eigenvalue weighted by atomic mass is 32.2. The fraction of sp³-hybridized carbons (Fsp3) is 0.276. The monoisotopic (exact) mass is 620 g/mol. The van der Waals surface area contributed by atoms with Gasteiger partial charge in [0.25, 0.3) is 5.91 Å². The Morgan fingerprint density at radius 3 is 2.44 bits per heavy atom. The molecule has 0 saturated heterocycles. The number of hydrogen-bond donors (Lipinski definition) is 7. The van der Waals surface area contributed by atoms with Crippen molar-refractivity contribution in [2.75, 3.05) is 17.5 Å². The normalized spacial score (nSPS) is 13.5. The number of nitrogens with one attached hydrogen (secondary N) is 4. The van der Waals surface area contributed by atoms with Crippen molar-refractivity contribution < 1.29 is 41.7 Å². The number of H-pyrrole nitrogens is 1. The molecular formula is C29H31F3N4O6S. The number of amides is 1. The molecule has 4 aromatic rings. The molecule has 0 aliphatic rings. The molecule has 1 aromatic heterocycles. The van der Waals surface area contributed by atoms with E-state index in [4.69, 9.17) is 0 Å². The molecule has 0 fully saturated rings. The number of sulfonamides is 1. The maximum atomic E-state index is 13.0. The zero-order valence-corrected chi connectivity index (χ0v) is 24.0. The molecule has 0 aliphatic carbocycles. The average Bonchev–Trinajstić information content (AvgIpc) is 3.34. The summed E-state index contributed by atoms with van der Waals surface area (Å²) in [4.78, 5) is 15.7. The van der Waals surface area contributed by atoms with Gasteiger partial charge in [0.05, 0.1) is 23.6 Å². The lowest BCUT2D eigenvalue weighted by Gasteiger charge is -2.18. The van der Waals surface area contributed by atoms with Crippen LogP contribution in [0.25, 0.3) is 10.9 Å². The first-order valence-electron chi connectivity index (χ1n) is 13.1. The number of aromatic hydroxyl groups is 2. The maximum absolute atomic E-state index is 13.0. The van der Waals surface area contributed by atoms with Crippen molar-refractivity contribution in [2.45, 2.75) is 38.2 Å². The van der Waals surface area contributed by atoms with Crippen LogP contribution in [0.4, 0.5) is 18.9 Å². The first-order chi connectivity index (χ1) is 20.1. The highest BCUT2D eigenvalue weighted by Crippen LogP contribution is 2.32. The van der Waals surface area contributed by atoms with Gasteiger partial charge in [-0.2, -0.15) is 13.2 Å². The van der Waals surface area contributed by atoms with Gasteiger partial charge in [-0.15, -0.1) is 0 Å². The Bertz CT molecular complexity index is 1740. The van der Waals surface area contributed by atoms with Crippen molar-refractivity contribution in [3.8, 4) is 11.5 Å². The zero-order chi connectivity index (χ0) is 31.5. The lowest BCUT2D eigenvalue weighted by Crippen LogP contribution is -2.32. The number of aromatic nitrogens is 1. The number of aliphatic hydroxyl groups excluding tert-OH is 1. The van der Waals surface area contributed by atoms with Gasteiger partial charge in [-0.3, -0.25) is 9.52 Å². The van der Waals surface area contributed by atoms with Gasteiger partial charge in [0.2, 0.25) is 10.0 Å². The number of phenols is 2. The molecule has 2 atom stereocenters. The number of benzene rings is 3. The molecule has 43 heavy (non-hydrogen) atoms. The summed E-state index contributed by atoms with van der Waals surface area (Å²) in [6, 6.07) is 13.9. The van der Waals surface area contributed by atoms with Crippen molar-refractivity contribution >= 4 is 32.5 Å². The summed E-state index contributed by atoms with van der Waals surface area (Å²) in [5.41, 5.74) is 1.31. The number of carbonyl (C=O) groups is 1. The molecule has 0 bridgehead atoms. The molecule has 0 radical (unpaired) electrons. The second-order valence-electron chi connectivity index (χ2n) is 10.4. The van der Waals surface area contributed by atoms with E-state index in [1.165, 1.54) is 18.2 Å². The maximum Gasteiger partial charge on any atom is 0.416 e. The number of halogens is 3. The third-order valence-electron chi connectivity index (χ3n) is 6.59. The van der Waals surface area contributed by atoms with Gasteiger partial charge in [0.1, 0.15) is 17.2 Å². The lowest BCUT2D eigenvalue weighted by atomic mass is 10.0. The van der Waals surface area contributed by atoms with Gasteiger partial charge < -0.3 is 30.9 Å². The molecular weight excluding hydrogens is 589 g/mol. The summed E-state index contributed by atoms with van der Waals surface area (Å²) in [6.07, 6.45) is -4.08. The molecule has 14 heteroatoms. The molecule has 0 aliphatic heterocycles. The Hall–Kier alpha value is -4.27. The van der Waals surface area contributed by atoms with E-state index in [9.17, 15) is 41.7 Å². The van der Waals surface area contributed by atoms with Gasteiger partial charge in [-0.25, -0.2) is 8.42 Å². The van der Waals surface area contributed by atoms with Crippen molar-refractivity contribution in [3.05, 3.63) is 88.6 Å². The van der Waals surface area contributed by atoms with Crippen LogP contribution in [0.1, 0.15) is 45.8 Å². The number of anilines is 1. The SMILES string of the molecule is C[C@H](Cc1ccc2[nH]c(C(=O)NCc3cc(O)cc(C(F)(F)F)c3)cc2c1)NCC(O)c1ccc(O)c(NS(C)(=O)=O)c1. The van der Waals surface area contributed by atoms with Gasteiger partial charge in [0.15, 0.2) is 0 Å². The zero-order valence-electron chi connectivity index (χ0n) is 23.2. The number of aliphatic hydroxyl groups is 1. The van der Waals surface area contributed by atoms with Crippen LogP contribution >= 0.6 is 0 Å². The Labute approximate surface area is 245 Å². The van der Waals surface area contributed by atoms with Crippen molar-refractivity contribution in [3.63, 3.8) is 0 Å². The van der Waals surface area contributed by atoms with Gasteiger partial charge >= 0.3 is 6.18 Å². The molecule has 1 amide bonds. The second kappa shape index (κ2) is 12.5. The number of hydrogen-bond acceptors (Lipinski definition) is 7. The molecule has 10 nitrogen and oxygen atoms in total. The van der Waals surface area contributed by atoms with E-state index in [0.717, 1.165) is 29.3 Å². The highest BCUT2D eigenvalue weighted by Gasteiger charge is 2.31. The van der Waals surface area contributed by atoms with E-state index in [-0.39, 0.29) is 41.8 Å². The summed E-state index contributed by atoms with van der Waals surface area (Å²) in [7, 11) is -3.62. The smallest absolute Gasteiger partial charge is 0.416 e. The Morgan fingerprint density at radius 2 is 1.74 bits per heavy atom. The van der Waals surface area contributed by atoms with Crippen LogP contribution in [0.5, 0.6) is 11.5 Å². The predicted octanol–water partition coefficient (Wildman–Crippen LogP) is 4.15. The number of carbonyl (C=O) groups excluding carboxylic acids is 1. The number of rotatable bonds is 11. The standard InChI is InChI=1S/C29H31F3N4O6S/c1-16(33-15-27(39)19-4-6-26(38)24(11-19)36-43(2,41)42)7-17-3-5-23-20(8-17)12-25(35-23)28(40)34-14-18-9-21(29(30,31)32)13-22(37)10-18/h3-6,8-13,16,27,33,35-39H,7,14-15H2,1-2H3,(H,34,40)/t16-,27?/m1/s1. The average molecular weight is 621 g/mol. The summed E-state index contributed by atoms with van der Waals surface area (Å²) in [5.74, 6) is -1.34. The number of fused-ring (bicyclic) bond motifs is 1. The van der Waals surface area contributed by atoms with Crippen LogP contribution in [-0.4, -0.2) is 53.5 Å². The summed E-state index contributed by atoms with van der Waals surface area (Å²) >= 11 is 0. The number of aromatic amines is 1. The molecule has 230 valence electrons. The molecule has 3 aromatic carbocycles. The summed E-state index contributed by atoms with van der Waals surface area (Å²) < 4.78 is 64.3. The van der Waals surface area contributed by atoms with E-state index in [1.54, 1.807) is 12.1 Å². The minimum atomic E-state index is -4.63. The fourth-order valence-electron chi connectivity index (χ4n) is 4.55. The fourth-order valence-corrected chi connectivity index (χ4v) is 5.11. The molecule has 0 spiro atoms. The summed E-state index contributed by atoms with van der Waals surface area (Å²) in [6.45, 7) is 1.86. The minimum absolute atomic E-state index is 0.0325. The molecule has 0 saturated carbocycles. The number of phenolic OH excluding ortho intramolecular Hbond substituents is 2. The van der Waals surface area contributed by atoms with E-state index in [1.807, 2.05) is 19.1 Å².